The smallest absolute Gasteiger partial charge is 0.251 e. The van der Waals surface area contributed by atoms with Gasteiger partial charge in [-0.25, -0.2) is 0 Å². The van der Waals surface area contributed by atoms with Crippen LogP contribution in [-0.4, -0.2) is 17.4 Å². The predicted octanol–water partition coefficient (Wildman–Crippen LogP) is 3.41. The lowest BCUT2D eigenvalue weighted by Gasteiger charge is -2.56. The van der Waals surface area contributed by atoms with Gasteiger partial charge >= 0.3 is 0 Å². The second-order valence-electron chi connectivity index (χ2n) is 9.34. The minimum atomic E-state index is 0.0583. The molecule has 0 atom stereocenters. The lowest BCUT2D eigenvalue weighted by Crippen LogP contribution is -2.59. The molecule has 0 radical (unpaired) electrons. The molecular formula is C22H28N2O2. The van der Waals surface area contributed by atoms with Crippen molar-refractivity contribution in [3.8, 4) is 0 Å². The molecule has 0 saturated heterocycles. The highest BCUT2D eigenvalue weighted by molar-refractivity contribution is 5.94. The van der Waals surface area contributed by atoms with Gasteiger partial charge in [-0.05, 0) is 86.8 Å². The number of hydrogen-bond acceptors (Lipinski definition) is 2. The largest absolute Gasteiger partial charge is 0.352 e. The maximum Gasteiger partial charge on any atom is 0.251 e. The third-order valence-electron chi connectivity index (χ3n) is 7.05. The molecule has 4 nitrogen and oxygen atoms in total. The van der Waals surface area contributed by atoms with E-state index in [0.717, 1.165) is 41.7 Å². The summed E-state index contributed by atoms with van der Waals surface area (Å²) in [6, 6.07) is 7.71. The molecule has 0 aliphatic heterocycles. The van der Waals surface area contributed by atoms with Gasteiger partial charge in [-0.2, -0.15) is 0 Å². The van der Waals surface area contributed by atoms with Crippen molar-refractivity contribution in [3.05, 3.63) is 35.4 Å². The molecule has 0 spiro atoms. The predicted molar refractivity (Wildman–Crippen MR) is 99.4 cm³/mol. The average molecular weight is 352 g/mol. The van der Waals surface area contributed by atoms with Gasteiger partial charge in [0, 0.05) is 23.6 Å². The molecule has 4 bridgehead atoms. The van der Waals surface area contributed by atoms with E-state index in [-0.39, 0.29) is 23.3 Å². The SMILES string of the molecule is O=C(NC12CC3CC(CC(C3)C1)C2)c1ccc(CNC(=O)C2CC2)cc1. The highest BCUT2D eigenvalue weighted by Gasteiger charge is 2.51. The maximum absolute atomic E-state index is 12.8. The van der Waals surface area contributed by atoms with Gasteiger partial charge in [0.2, 0.25) is 5.91 Å². The minimum Gasteiger partial charge on any atom is -0.352 e. The molecule has 0 unspecified atom stereocenters. The van der Waals surface area contributed by atoms with Crippen molar-refractivity contribution in [2.75, 3.05) is 0 Å². The van der Waals surface area contributed by atoms with Gasteiger partial charge in [0.15, 0.2) is 0 Å². The quantitative estimate of drug-likeness (QED) is 0.853. The second kappa shape index (κ2) is 6.11. The Labute approximate surface area is 155 Å². The van der Waals surface area contributed by atoms with Crippen molar-refractivity contribution in [2.45, 2.75) is 63.5 Å². The first kappa shape index (κ1) is 16.3. The van der Waals surface area contributed by atoms with E-state index in [1.165, 1.54) is 38.5 Å². The molecule has 2 amide bonds. The standard InChI is InChI=1S/C22H28N2O2/c25-20(18-5-6-18)23-13-14-1-3-19(4-2-14)21(26)24-22-10-15-7-16(11-22)9-17(8-15)12-22/h1-4,15-18H,5-13H2,(H,23,25)(H,24,26). The topological polar surface area (TPSA) is 58.2 Å². The number of rotatable bonds is 5. The van der Waals surface area contributed by atoms with Gasteiger partial charge < -0.3 is 10.6 Å². The molecule has 5 aliphatic carbocycles. The summed E-state index contributed by atoms with van der Waals surface area (Å²) in [5, 5.41) is 6.40. The van der Waals surface area contributed by atoms with E-state index in [2.05, 4.69) is 10.6 Å². The number of amides is 2. The van der Waals surface area contributed by atoms with Crippen LogP contribution in [0.15, 0.2) is 24.3 Å². The van der Waals surface area contributed by atoms with Crippen LogP contribution in [0.25, 0.3) is 0 Å². The molecule has 138 valence electrons. The average Bonchev–Trinajstić information content (AvgIpc) is 3.43. The summed E-state index contributed by atoms with van der Waals surface area (Å²) in [7, 11) is 0. The Morgan fingerprint density at radius 3 is 2.04 bits per heavy atom. The minimum absolute atomic E-state index is 0.0583. The van der Waals surface area contributed by atoms with Crippen LogP contribution >= 0.6 is 0 Å². The summed E-state index contributed by atoms with van der Waals surface area (Å²) in [6.07, 6.45) is 9.73. The van der Waals surface area contributed by atoms with E-state index in [0.29, 0.717) is 6.54 Å². The van der Waals surface area contributed by atoms with Crippen molar-refractivity contribution in [3.63, 3.8) is 0 Å². The fourth-order valence-electron chi connectivity index (χ4n) is 6.03. The molecular weight excluding hydrogens is 324 g/mol. The van der Waals surface area contributed by atoms with E-state index in [1.54, 1.807) is 0 Å². The van der Waals surface area contributed by atoms with Crippen LogP contribution in [0.5, 0.6) is 0 Å². The zero-order valence-corrected chi connectivity index (χ0v) is 15.3. The fraction of sp³-hybridized carbons (Fsp3) is 0.636. The van der Waals surface area contributed by atoms with Crippen LogP contribution in [0.4, 0.5) is 0 Å². The Hall–Kier alpha value is -1.84. The monoisotopic (exact) mass is 352 g/mol. The van der Waals surface area contributed by atoms with Crippen molar-refractivity contribution in [2.24, 2.45) is 23.7 Å². The molecule has 4 heteroatoms. The van der Waals surface area contributed by atoms with Gasteiger partial charge in [0.25, 0.3) is 5.91 Å². The lowest BCUT2D eigenvalue weighted by atomic mass is 9.53. The van der Waals surface area contributed by atoms with Crippen molar-refractivity contribution >= 4 is 11.8 Å². The first-order valence-corrected chi connectivity index (χ1v) is 10.3. The second-order valence-corrected chi connectivity index (χ2v) is 9.34. The number of benzene rings is 1. The molecule has 0 aromatic heterocycles. The van der Waals surface area contributed by atoms with Crippen LogP contribution < -0.4 is 10.6 Å². The van der Waals surface area contributed by atoms with Crippen LogP contribution in [0.3, 0.4) is 0 Å². The van der Waals surface area contributed by atoms with Gasteiger partial charge in [-0.1, -0.05) is 12.1 Å². The first-order valence-electron chi connectivity index (χ1n) is 10.3. The van der Waals surface area contributed by atoms with Crippen LogP contribution in [-0.2, 0) is 11.3 Å². The Morgan fingerprint density at radius 1 is 0.923 bits per heavy atom. The van der Waals surface area contributed by atoms with Gasteiger partial charge in [-0.15, -0.1) is 0 Å². The number of nitrogens with one attached hydrogen (secondary N) is 2. The lowest BCUT2D eigenvalue weighted by molar-refractivity contribution is -0.122. The van der Waals surface area contributed by atoms with Crippen molar-refractivity contribution < 1.29 is 9.59 Å². The van der Waals surface area contributed by atoms with Crippen LogP contribution in [0.1, 0.15) is 67.3 Å². The van der Waals surface area contributed by atoms with E-state index in [1.807, 2.05) is 24.3 Å². The van der Waals surface area contributed by atoms with Gasteiger partial charge in [0.1, 0.15) is 0 Å². The van der Waals surface area contributed by atoms with E-state index < -0.39 is 0 Å². The Balaban J connectivity index is 1.21. The molecule has 26 heavy (non-hydrogen) atoms. The van der Waals surface area contributed by atoms with Gasteiger partial charge in [0.05, 0.1) is 0 Å². The highest BCUT2D eigenvalue weighted by atomic mass is 16.2. The summed E-state index contributed by atoms with van der Waals surface area (Å²) in [4.78, 5) is 24.6. The summed E-state index contributed by atoms with van der Waals surface area (Å²) < 4.78 is 0. The normalized spacial score (nSPS) is 34.5. The fourth-order valence-corrected chi connectivity index (χ4v) is 6.03. The summed E-state index contributed by atoms with van der Waals surface area (Å²) in [5.41, 5.74) is 1.84. The Kier molecular flexibility index (Phi) is 3.84. The van der Waals surface area contributed by atoms with E-state index >= 15 is 0 Å². The van der Waals surface area contributed by atoms with Crippen LogP contribution in [0, 0.1) is 23.7 Å². The van der Waals surface area contributed by atoms with Crippen molar-refractivity contribution in [1.82, 2.24) is 10.6 Å². The van der Waals surface area contributed by atoms with E-state index in [9.17, 15) is 9.59 Å². The highest BCUT2D eigenvalue weighted by Crippen LogP contribution is 2.55. The zero-order chi connectivity index (χ0) is 17.7. The molecule has 5 saturated carbocycles. The first-order chi connectivity index (χ1) is 12.6. The van der Waals surface area contributed by atoms with Crippen molar-refractivity contribution in [1.29, 1.82) is 0 Å². The molecule has 1 aromatic carbocycles. The zero-order valence-electron chi connectivity index (χ0n) is 15.3. The molecule has 0 heterocycles. The molecule has 1 aromatic rings. The summed E-state index contributed by atoms with van der Waals surface area (Å²) in [6.45, 7) is 0.548. The molecule has 5 fully saturated rings. The number of hydrogen-bond donors (Lipinski definition) is 2. The Morgan fingerprint density at radius 2 is 1.50 bits per heavy atom. The third kappa shape index (κ3) is 3.15. The van der Waals surface area contributed by atoms with Crippen LogP contribution in [0.2, 0.25) is 0 Å². The van der Waals surface area contributed by atoms with E-state index in [4.69, 9.17) is 0 Å². The molecule has 6 rings (SSSR count). The number of carbonyl (C=O) groups excluding carboxylic acids is 2. The molecule has 2 N–H and O–H groups in total. The van der Waals surface area contributed by atoms with Gasteiger partial charge in [-0.3, -0.25) is 9.59 Å². The summed E-state index contributed by atoms with van der Waals surface area (Å²) in [5.74, 6) is 2.96. The Bertz CT molecular complexity index is 685. The third-order valence-corrected chi connectivity index (χ3v) is 7.05. The maximum atomic E-state index is 12.8. The summed E-state index contributed by atoms with van der Waals surface area (Å²) >= 11 is 0. The number of carbonyl (C=O) groups is 2. The molecule has 5 aliphatic rings.